The summed E-state index contributed by atoms with van der Waals surface area (Å²) < 4.78 is 1.75. The lowest BCUT2D eigenvalue weighted by Gasteiger charge is -1.95. The van der Waals surface area contributed by atoms with Crippen LogP contribution in [0.25, 0.3) is 10.9 Å². The second-order valence-electron chi connectivity index (χ2n) is 3.17. The number of hydrogen-bond acceptors (Lipinski definition) is 2. The number of para-hydroxylation sites is 1. The molecule has 0 saturated carbocycles. The molecule has 0 amide bonds. The highest BCUT2D eigenvalue weighted by Crippen LogP contribution is 2.18. The molecular weight excluding hydrogens is 176 g/mol. The molecule has 0 aliphatic heterocycles. The van der Waals surface area contributed by atoms with Gasteiger partial charge in [0.05, 0.1) is 17.8 Å². The summed E-state index contributed by atoms with van der Waals surface area (Å²) >= 11 is 0. The Hall–Kier alpha value is -1.64. The van der Waals surface area contributed by atoms with Gasteiger partial charge in [0.1, 0.15) is 6.29 Å². The van der Waals surface area contributed by atoms with Crippen molar-refractivity contribution in [3.63, 3.8) is 0 Å². The molecular formula is C11H12N2O. The van der Waals surface area contributed by atoms with Gasteiger partial charge in [-0.05, 0) is 12.5 Å². The van der Waals surface area contributed by atoms with Crippen molar-refractivity contribution in [3.8, 4) is 0 Å². The van der Waals surface area contributed by atoms with Gasteiger partial charge in [-0.3, -0.25) is 4.68 Å². The minimum absolute atomic E-state index is 0.334. The van der Waals surface area contributed by atoms with Crippen LogP contribution in [-0.2, 0) is 17.8 Å². The third-order valence-electron chi connectivity index (χ3n) is 2.32. The molecule has 0 bridgehead atoms. The summed E-state index contributed by atoms with van der Waals surface area (Å²) in [4.78, 5) is 10.5. The average Bonchev–Trinajstić information content (AvgIpc) is 2.58. The molecule has 0 aliphatic carbocycles. The van der Waals surface area contributed by atoms with Crippen LogP contribution in [0.15, 0.2) is 24.3 Å². The van der Waals surface area contributed by atoms with Crippen LogP contribution in [0.3, 0.4) is 0 Å². The molecule has 14 heavy (non-hydrogen) atoms. The first-order chi connectivity index (χ1) is 6.86. The van der Waals surface area contributed by atoms with Crippen LogP contribution < -0.4 is 0 Å². The molecule has 0 radical (unpaired) electrons. The average molecular weight is 188 g/mol. The summed E-state index contributed by atoms with van der Waals surface area (Å²) in [6.07, 6.45) is 1.77. The molecule has 0 saturated heterocycles. The maximum absolute atomic E-state index is 10.5. The van der Waals surface area contributed by atoms with Gasteiger partial charge < -0.3 is 4.79 Å². The standard InChI is InChI=1S/C11H12N2O/c1-2-10-9-5-3-4-6-11(9)13(12-10)7-8-14/h3-6,8H,2,7H2,1H3. The van der Waals surface area contributed by atoms with Gasteiger partial charge in [-0.15, -0.1) is 0 Å². The number of carbonyl (C=O) groups is 1. The van der Waals surface area contributed by atoms with Crippen molar-refractivity contribution in [3.05, 3.63) is 30.0 Å². The van der Waals surface area contributed by atoms with Gasteiger partial charge in [0.15, 0.2) is 0 Å². The van der Waals surface area contributed by atoms with E-state index in [0.717, 1.165) is 29.3 Å². The van der Waals surface area contributed by atoms with E-state index in [9.17, 15) is 4.79 Å². The normalized spacial score (nSPS) is 10.6. The minimum atomic E-state index is 0.334. The number of hydrogen-bond donors (Lipinski definition) is 0. The van der Waals surface area contributed by atoms with E-state index in [-0.39, 0.29) is 0 Å². The predicted molar refractivity (Wildman–Crippen MR) is 55.2 cm³/mol. The Kier molecular flexibility index (Phi) is 2.31. The van der Waals surface area contributed by atoms with Gasteiger partial charge in [0.25, 0.3) is 0 Å². The van der Waals surface area contributed by atoms with Crippen LogP contribution in [0.4, 0.5) is 0 Å². The first-order valence-corrected chi connectivity index (χ1v) is 4.75. The molecule has 2 rings (SSSR count). The summed E-state index contributed by atoms with van der Waals surface area (Å²) in [5, 5.41) is 5.53. The van der Waals surface area contributed by atoms with Gasteiger partial charge in [0, 0.05) is 5.39 Å². The first-order valence-electron chi connectivity index (χ1n) is 4.75. The van der Waals surface area contributed by atoms with E-state index >= 15 is 0 Å². The minimum Gasteiger partial charge on any atom is -0.301 e. The largest absolute Gasteiger partial charge is 0.301 e. The maximum atomic E-state index is 10.5. The van der Waals surface area contributed by atoms with Crippen molar-refractivity contribution < 1.29 is 4.79 Å². The third kappa shape index (κ3) is 1.31. The molecule has 1 aromatic heterocycles. The van der Waals surface area contributed by atoms with E-state index in [2.05, 4.69) is 12.0 Å². The number of fused-ring (bicyclic) bond motifs is 1. The van der Waals surface area contributed by atoms with E-state index in [1.165, 1.54) is 0 Å². The topological polar surface area (TPSA) is 34.9 Å². The molecule has 0 fully saturated rings. The van der Waals surface area contributed by atoms with Crippen LogP contribution in [-0.4, -0.2) is 16.1 Å². The SMILES string of the molecule is CCc1nn(CC=O)c2ccccc12. The number of aldehydes is 1. The number of aromatic nitrogens is 2. The summed E-state index contributed by atoms with van der Waals surface area (Å²) in [5.41, 5.74) is 2.10. The molecule has 72 valence electrons. The predicted octanol–water partition coefficient (Wildman–Crippen LogP) is 1.80. The second-order valence-corrected chi connectivity index (χ2v) is 3.17. The van der Waals surface area contributed by atoms with E-state index in [1.807, 2.05) is 24.3 Å². The Bertz CT molecular complexity index is 459. The second kappa shape index (κ2) is 3.62. The van der Waals surface area contributed by atoms with E-state index in [0.29, 0.717) is 6.54 Å². The Morgan fingerprint density at radius 3 is 2.93 bits per heavy atom. The van der Waals surface area contributed by atoms with Crippen LogP contribution in [0.5, 0.6) is 0 Å². The Labute approximate surface area is 82.3 Å². The van der Waals surface area contributed by atoms with Crippen molar-refractivity contribution in [1.82, 2.24) is 9.78 Å². The Morgan fingerprint density at radius 2 is 2.21 bits per heavy atom. The summed E-state index contributed by atoms with van der Waals surface area (Å²) in [6, 6.07) is 7.99. The zero-order valence-corrected chi connectivity index (χ0v) is 8.10. The molecule has 3 nitrogen and oxygen atoms in total. The zero-order valence-electron chi connectivity index (χ0n) is 8.10. The summed E-state index contributed by atoms with van der Waals surface area (Å²) in [7, 11) is 0. The number of carbonyl (C=O) groups excluding carboxylic acids is 1. The van der Waals surface area contributed by atoms with Gasteiger partial charge in [-0.2, -0.15) is 5.10 Å². The number of rotatable bonds is 3. The fraction of sp³-hybridized carbons (Fsp3) is 0.273. The van der Waals surface area contributed by atoms with Crippen LogP contribution in [0.1, 0.15) is 12.6 Å². The summed E-state index contributed by atoms with van der Waals surface area (Å²) in [5.74, 6) is 0. The molecule has 0 unspecified atom stereocenters. The van der Waals surface area contributed by atoms with Gasteiger partial charge in [-0.1, -0.05) is 25.1 Å². The van der Waals surface area contributed by atoms with Crippen molar-refractivity contribution in [2.45, 2.75) is 19.9 Å². The zero-order chi connectivity index (χ0) is 9.97. The van der Waals surface area contributed by atoms with E-state index in [1.54, 1.807) is 4.68 Å². The molecule has 0 atom stereocenters. The molecule has 2 aromatic rings. The maximum Gasteiger partial charge on any atom is 0.141 e. The van der Waals surface area contributed by atoms with Gasteiger partial charge in [-0.25, -0.2) is 0 Å². The molecule has 1 heterocycles. The lowest BCUT2D eigenvalue weighted by molar-refractivity contribution is -0.108. The van der Waals surface area contributed by atoms with Crippen LogP contribution in [0, 0.1) is 0 Å². The molecule has 0 N–H and O–H groups in total. The van der Waals surface area contributed by atoms with E-state index in [4.69, 9.17) is 0 Å². The van der Waals surface area contributed by atoms with Gasteiger partial charge >= 0.3 is 0 Å². The van der Waals surface area contributed by atoms with Crippen LogP contribution >= 0.6 is 0 Å². The highest BCUT2D eigenvalue weighted by molar-refractivity contribution is 5.82. The van der Waals surface area contributed by atoms with E-state index < -0.39 is 0 Å². The van der Waals surface area contributed by atoms with Crippen molar-refractivity contribution in [2.75, 3.05) is 0 Å². The third-order valence-corrected chi connectivity index (χ3v) is 2.32. The molecule has 0 aliphatic rings. The van der Waals surface area contributed by atoms with Crippen molar-refractivity contribution in [2.24, 2.45) is 0 Å². The molecule has 3 heteroatoms. The van der Waals surface area contributed by atoms with Gasteiger partial charge in [0.2, 0.25) is 0 Å². The monoisotopic (exact) mass is 188 g/mol. The van der Waals surface area contributed by atoms with Crippen molar-refractivity contribution >= 4 is 17.2 Å². The quantitative estimate of drug-likeness (QED) is 0.688. The lowest BCUT2D eigenvalue weighted by Crippen LogP contribution is -2.00. The summed E-state index contributed by atoms with van der Waals surface area (Å²) in [6.45, 7) is 2.40. The number of aryl methyl sites for hydroxylation is 1. The molecule has 1 aromatic carbocycles. The van der Waals surface area contributed by atoms with Crippen molar-refractivity contribution in [1.29, 1.82) is 0 Å². The fourth-order valence-corrected chi connectivity index (χ4v) is 1.67. The highest BCUT2D eigenvalue weighted by atomic mass is 16.1. The Morgan fingerprint density at radius 1 is 1.43 bits per heavy atom. The Balaban J connectivity index is 2.66. The van der Waals surface area contributed by atoms with Crippen LogP contribution in [0.2, 0.25) is 0 Å². The smallest absolute Gasteiger partial charge is 0.141 e. The molecule has 0 spiro atoms. The number of benzene rings is 1. The highest BCUT2D eigenvalue weighted by Gasteiger charge is 2.06. The first kappa shape index (κ1) is 8.94. The number of nitrogens with zero attached hydrogens (tertiary/aromatic N) is 2. The fourth-order valence-electron chi connectivity index (χ4n) is 1.67. The lowest BCUT2D eigenvalue weighted by atomic mass is 10.2.